The Morgan fingerprint density at radius 1 is 1.13 bits per heavy atom. The summed E-state index contributed by atoms with van der Waals surface area (Å²) < 4.78 is 0. The van der Waals surface area contributed by atoms with E-state index in [-0.39, 0.29) is 6.61 Å². The largest absolute Gasteiger partial charge is 0.395 e. The van der Waals surface area contributed by atoms with Crippen LogP contribution in [0.4, 0.5) is 0 Å². The van der Waals surface area contributed by atoms with Crippen LogP contribution in [-0.4, -0.2) is 31.3 Å². The molecule has 0 fully saturated rings. The number of aliphatic hydroxyl groups excluding tert-OH is 1. The third-order valence-corrected chi connectivity index (χ3v) is 2.22. The van der Waals surface area contributed by atoms with Crippen molar-refractivity contribution in [2.45, 2.75) is 6.54 Å². The average molecular weight is 229 g/mol. The van der Waals surface area contributed by atoms with Crippen molar-refractivity contribution in [3.05, 3.63) is 34.9 Å². The van der Waals surface area contributed by atoms with Gasteiger partial charge in [-0.3, -0.25) is 0 Å². The fourth-order valence-corrected chi connectivity index (χ4v) is 1.47. The highest BCUT2D eigenvalue weighted by Gasteiger charge is 1.93. The molecule has 1 aromatic rings. The van der Waals surface area contributed by atoms with E-state index in [4.69, 9.17) is 16.7 Å². The molecule has 0 unspecified atom stereocenters. The van der Waals surface area contributed by atoms with E-state index in [0.717, 1.165) is 24.7 Å². The molecule has 4 heteroatoms. The Morgan fingerprint density at radius 2 is 1.93 bits per heavy atom. The summed E-state index contributed by atoms with van der Waals surface area (Å²) in [5.74, 6) is 0. The van der Waals surface area contributed by atoms with Crippen LogP contribution in [0.1, 0.15) is 5.56 Å². The zero-order chi connectivity index (χ0) is 10.9. The number of hydrogen-bond donors (Lipinski definition) is 3. The first-order chi connectivity index (χ1) is 7.33. The molecule has 0 bridgehead atoms. The third kappa shape index (κ3) is 5.74. The molecule has 3 N–H and O–H groups in total. The minimum absolute atomic E-state index is 0.189. The molecule has 84 valence electrons. The summed E-state index contributed by atoms with van der Waals surface area (Å²) in [4.78, 5) is 0. The van der Waals surface area contributed by atoms with E-state index in [9.17, 15) is 0 Å². The zero-order valence-electron chi connectivity index (χ0n) is 8.67. The van der Waals surface area contributed by atoms with Crippen molar-refractivity contribution in [3.8, 4) is 0 Å². The van der Waals surface area contributed by atoms with Crippen LogP contribution in [0.5, 0.6) is 0 Å². The second-order valence-electron chi connectivity index (χ2n) is 3.28. The number of nitrogens with one attached hydrogen (secondary N) is 2. The Kier molecular flexibility index (Phi) is 6.36. The van der Waals surface area contributed by atoms with Crippen LogP contribution < -0.4 is 10.6 Å². The van der Waals surface area contributed by atoms with E-state index >= 15 is 0 Å². The molecule has 1 rings (SSSR count). The number of rotatable bonds is 7. The quantitative estimate of drug-likeness (QED) is 0.611. The van der Waals surface area contributed by atoms with E-state index in [1.807, 2.05) is 24.3 Å². The van der Waals surface area contributed by atoms with Gasteiger partial charge in [-0.05, 0) is 17.7 Å². The van der Waals surface area contributed by atoms with Crippen molar-refractivity contribution in [1.82, 2.24) is 10.6 Å². The average Bonchev–Trinajstić information content (AvgIpc) is 2.23. The second-order valence-corrected chi connectivity index (χ2v) is 3.72. The van der Waals surface area contributed by atoms with Gasteiger partial charge in [0.25, 0.3) is 0 Å². The molecular weight excluding hydrogens is 212 g/mol. The second kappa shape index (κ2) is 7.65. The summed E-state index contributed by atoms with van der Waals surface area (Å²) in [6.07, 6.45) is 0. The van der Waals surface area contributed by atoms with Gasteiger partial charge in [-0.2, -0.15) is 0 Å². The minimum Gasteiger partial charge on any atom is -0.395 e. The zero-order valence-corrected chi connectivity index (χ0v) is 9.43. The maximum absolute atomic E-state index is 8.53. The van der Waals surface area contributed by atoms with Gasteiger partial charge < -0.3 is 15.7 Å². The SMILES string of the molecule is OCCNCCNCc1cccc(Cl)c1. The van der Waals surface area contributed by atoms with E-state index in [1.165, 1.54) is 5.56 Å². The van der Waals surface area contributed by atoms with Gasteiger partial charge in [0.1, 0.15) is 0 Å². The molecular formula is C11H17ClN2O. The van der Waals surface area contributed by atoms with Crippen molar-refractivity contribution in [2.24, 2.45) is 0 Å². The van der Waals surface area contributed by atoms with Gasteiger partial charge in [0.05, 0.1) is 6.61 Å². The maximum atomic E-state index is 8.53. The van der Waals surface area contributed by atoms with Crippen LogP contribution in [0.2, 0.25) is 5.02 Å². The van der Waals surface area contributed by atoms with Gasteiger partial charge in [0.15, 0.2) is 0 Å². The Hall–Kier alpha value is -0.610. The molecule has 0 saturated carbocycles. The molecule has 0 amide bonds. The molecule has 0 aliphatic rings. The van der Waals surface area contributed by atoms with Crippen molar-refractivity contribution in [2.75, 3.05) is 26.2 Å². The lowest BCUT2D eigenvalue weighted by Gasteiger charge is -2.05. The Balaban J connectivity index is 2.10. The molecule has 0 atom stereocenters. The number of halogens is 1. The summed E-state index contributed by atoms with van der Waals surface area (Å²) >= 11 is 5.86. The fourth-order valence-electron chi connectivity index (χ4n) is 1.26. The number of aliphatic hydroxyl groups is 1. The molecule has 3 nitrogen and oxygen atoms in total. The van der Waals surface area contributed by atoms with Crippen molar-refractivity contribution < 1.29 is 5.11 Å². The van der Waals surface area contributed by atoms with Crippen molar-refractivity contribution in [3.63, 3.8) is 0 Å². The topological polar surface area (TPSA) is 44.3 Å². The summed E-state index contributed by atoms with van der Waals surface area (Å²) in [5.41, 5.74) is 1.18. The van der Waals surface area contributed by atoms with Gasteiger partial charge >= 0.3 is 0 Å². The molecule has 0 heterocycles. The highest BCUT2D eigenvalue weighted by atomic mass is 35.5. The first kappa shape index (κ1) is 12.5. The van der Waals surface area contributed by atoms with Gasteiger partial charge in [-0.25, -0.2) is 0 Å². The molecule has 0 saturated heterocycles. The van der Waals surface area contributed by atoms with Crippen LogP contribution in [0, 0.1) is 0 Å². The highest BCUT2D eigenvalue weighted by molar-refractivity contribution is 6.30. The van der Waals surface area contributed by atoms with Gasteiger partial charge in [0.2, 0.25) is 0 Å². The van der Waals surface area contributed by atoms with Crippen LogP contribution in [0.25, 0.3) is 0 Å². The summed E-state index contributed by atoms with van der Waals surface area (Å²) in [7, 11) is 0. The molecule has 0 aliphatic heterocycles. The Labute approximate surface area is 95.5 Å². The molecule has 0 aromatic heterocycles. The minimum atomic E-state index is 0.189. The normalized spacial score (nSPS) is 10.5. The van der Waals surface area contributed by atoms with E-state index < -0.39 is 0 Å². The van der Waals surface area contributed by atoms with Crippen LogP contribution in [-0.2, 0) is 6.54 Å². The molecule has 0 aliphatic carbocycles. The van der Waals surface area contributed by atoms with E-state index in [0.29, 0.717) is 6.54 Å². The first-order valence-corrected chi connectivity index (χ1v) is 5.47. The lowest BCUT2D eigenvalue weighted by Crippen LogP contribution is -2.28. The van der Waals surface area contributed by atoms with Crippen LogP contribution in [0.3, 0.4) is 0 Å². The molecule has 0 radical (unpaired) electrons. The predicted octanol–water partition coefficient (Wildman–Crippen LogP) is 1.01. The molecule has 1 aromatic carbocycles. The first-order valence-electron chi connectivity index (χ1n) is 5.09. The molecule has 15 heavy (non-hydrogen) atoms. The third-order valence-electron chi connectivity index (χ3n) is 1.99. The lowest BCUT2D eigenvalue weighted by molar-refractivity contribution is 0.292. The summed E-state index contributed by atoms with van der Waals surface area (Å²) in [5, 5.41) is 15.7. The van der Waals surface area contributed by atoms with Crippen molar-refractivity contribution >= 4 is 11.6 Å². The van der Waals surface area contributed by atoms with E-state index in [1.54, 1.807) is 0 Å². The van der Waals surface area contributed by atoms with Crippen molar-refractivity contribution in [1.29, 1.82) is 0 Å². The lowest BCUT2D eigenvalue weighted by atomic mass is 10.2. The van der Waals surface area contributed by atoms with Gasteiger partial charge in [-0.15, -0.1) is 0 Å². The standard InChI is InChI=1S/C11H17ClN2O/c12-11-3-1-2-10(8-11)9-14-5-4-13-6-7-15/h1-3,8,13-15H,4-7,9H2. The number of hydrogen-bond acceptors (Lipinski definition) is 3. The maximum Gasteiger partial charge on any atom is 0.0555 e. The predicted molar refractivity (Wildman–Crippen MR) is 63.1 cm³/mol. The molecule has 0 spiro atoms. The highest BCUT2D eigenvalue weighted by Crippen LogP contribution is 2.09. The Morgan fingerprint density at radius 3 is 2.67 bits per heavy atom. The fraction of sp³-hybridized carbons (Fsp3) is 0.455. The smallest absolute Gasteiger partial charge is 0.0555 e. The van der Waals surface area contributed by atoms with Crippen LogP contribution >= 0.6 is 11.6 Å². The van der Waals surface area contributed by atoms with Crippen LogP contribution in [0.15, 0.2) is 24.3 Å². The summed E-state index contributed by atoms with van der Waals surface area (Å²) in [6, 6.07) is 7.81. The van der Waals surface area contributed by atoms with Gasteiger partial charge in [-0.1, -0.05) is 23.7 Å². The van der Waals surface area contributed by atoms with E-state index in [2.05, 4.69) is 10.6 Å². The summed E-state index contributed by atoms with van der Waals surface area (Å²) in [6.45, 7) is 3.40. The monoisotopic (exact) mass is 228 g/mol. The Bertz CT molecular complexity index is 281. The van der Waals surface area contributed by atoms with Gasteiger partial charge in [0, 0.05) is 31.2 Å². The number of benzene rings is 1.